The van der Waals surface area contributed by atoms with Crippen molar-refractivity contribution in [3.8, 4) is 11.8 Å². The molecule has 3 aromatic rings. The normalized spacial score (nSPS) is 11.3. The van der Waals surface area contributed by atoms with Crippen LogP contribution in [0.1, 0.15) is 16.7 Å². The fraction of sp³-hybridized carbons (Fsp3) is 0. The molecule has 0 heterocycles. The zero-order chi connectivity index (χ0) is 20.6. The van der Waals surface area contributed by atoms with Crippen LogP contribution in [0.5, 0.6) is 5.75 Å². The maximum absolute atomic E-state index is 12.1. The summed E-state index contributed by atoms with van der Waals surface area (Å²) >= 11 is 11.8. The van der Waals surface area contributed by atoms with Crippen LogP contribution in [0.2, 0.25) is 10.0 Å². The number of halogens is 2. The van der Waals surface area contributed by atoms with Gasteiger partial charge >= 0.3 is 5.97 Å². The Hall–Kier alpha value is -3.32. The quantitative estimate of drug-likeness (QED) is 0.152. The van der Waals surface area contributed by atoms with Gasteiger partial charge in [0.25, 0.3) is 0 Å². The van der Waals surface area contributed by atoms with Crippen LogP contribution in [0.3, 0.4) is 0 Å². The maximum atomic E-state index is 12.1. The molecule has 0 aliphatic rings. The summed E-state index contributed by atoms with van der Waals surface area (Å²) in [6, 6.07) is 23.3. The minimum absolute atomic E-state index is 0.382. The van der Waals surface area contributed by atoms with Crippen LogP contribution in [0.4, 0.5) is 0 Å². The van der Waals surface area contributed by atoms with Gasteiger partial charge in [0.2, 0.25) is 0 Å². The van der Waals surface area contributed by atoms with Gasteiger partial charge in [-0.15, -0.1) is 0 Å². The summed E-state index contributed by atoms with van der Waals surface area (Å²) in [6.07, 6.45) is 4.71. The van der Waals surface area contributed by atoms with Crippen LogP contribution >= 0.6 is 23.2 Å². The Kier molecular flexibility index (Phi) is 6.86. The molecular weight excluding hydrogens is 405 g/mol. The van der Waals surface area contributed by atoms with Gasteiger partial charge in [0.15, 0.2) is 0 Å². The molecular formula is C24H15Cl2NO2. The Morgan fingerprint density at radius 1 is 0.897 bits per heavy atom. The first-order valence-corrected chi connectivity index (χ1v) is 9.42. The van der Waals surface area contributed by atoms with Crippen molar-refractivity contribution in [2.24, 2.45) is 0 Å². The summed E-state index contributed by atoms with van der Waals surface area (Å²) in [6.45, 7) is 0. The standard InChI is InChI=1S/C24H15Cl2NO2/c25-21-10-7-17(8-11-21)9-12-24(28)29-23-6-1-3-18(14-23)13-20(16-27)19-4-2-5-22(26)15-19/h1-15H/b12-9+,20-13-. The maximum Gasteiger partial charge on any atom is 0.336 e. The van der Waals surface area contributed by atoms with E-state index in [9.17, 15) is 10.1 Å². The topological polar surface area (TPSA) is 50.1 Å². The summed E-state index contributed by atoms with van der Waals surface area (Å²) in [5, 5.41) is 10.7. The third kappa shape index (κ3) is 6.08. The average molecular weight is 420 g/mol. The van der Waals surface area contributed by atoms with Gasteiger partial charge in [-0.25, -0.2) is 4.79 Å². The second-order valence-corrected chi connectivity index (χ2v) is 6.93. The second kappa shape index (κ2) is 9.75. The number of carbonyl (C=O) groups excluding carboxylic acids is 1. The van der Waals surface area contributed by atoms with E-state index in [0.29, 0.717) is 26.9 Å². The third-order valence-corrected chi connectivity index (χ3v) is 4.41. The van der Waals surface area contributed by atoms with Gasteiger partial charge in [0, 0.05) is 16.1 Å². The number of nitriles is 1. The predicted octanol–water partition coefficient (Wildman–Crippen LogP) is 6.68. The molecule has 0 amide bonds. The Morgan fingerprint density at radius 2 is 1.66 bits per heavy atom. The molecule has 0 unspecified atom stereocenters. The molecule has 0 radical (unpaired) electrons. The fourth-order valence-corrected chi connectivity index (χ4v) is 2.88. The van der Waals surface area contributed by atoms with Crippen molar-refractivity contribution in [3.63, 3.8) is 0 Å². The van der Waals surface area contributed by atoms with Crippen molar-refractivity contribution in [2.75, 3.05) is 0 Å². The minimum atomic E-state index is -0.503. The lowest BCUT2D eigenvalue weighted by atomic mass is 10.0. The first kappa shape index (κ1) is 20.4. The number of hydrogen-bond donors (Lipinski definition) is 0. The van der Waals surface area contributed by atoms with Crippen LogP contribution in [-0.2, 0) is 4.79 Å². The van der Waals surface area contributed by atoms with Gasteiger partial charge in [0.05, 0.1) is 11.6 Å². The van der Waals surface area contributed by atoms with Crippen molar-refractivity contribution in [2.45, 2.75) is 0 Å². The lowest BCUT2D eigenvalue weighted by Crippen LogP contribution is -2.03. The molecule has 0 saturated carbocycles. The first-order chi connectivity index (χ1) is 14.0. The van der Waals surface area contributed by atoms with Gasteiger partial charge in [-0.1, -0.05) is 59.6 Å². The molecule has 0 saturated heterocycles. The largest absolute Gasteiger partial charge is 0.423 e. The highest BCUT2D eigenvalue weighted by atomic mass is 35.5. The average Bonchev–Trinajstić information content (AvgIpc) is 2.72. The Balaban J connectivity index is 1.74. The SMILES string of the molecule is N#C/C(=C/c1cccc(OC(=O)/C=C/c2ccc(Cl)cc2)c1)c1cccc(Cl)c1. The lowest BCUT2D eigenvalue weighted by Gasteiger charge is -2.04. The van der Waals surface area contributed by atoms with E-state index in [2.05, 4.69) is 6.07 Å². The molecule has 3 aromatic carbocycles. The zero-order valence-electron chi connectivity index (χ0n) is 15.2. The van der Waals surface area contributed by atoms with E-state index in [1.165, 1.54) is 6.08 Å². The number of ether oxygens (including phenoxy) is 1. The van der Waals surface area contributed by atoms with Crippen LogP contribution in [0.25, 0.3) is 17.7 Å². The highest BCUT2D eigenvalue weighted by Gasteiger charge is 2.05. The van der Waals surface area contributed by atoms with E-state index < -0.39 is 5.97 Å². The second-order valence-electron chi connectivity index (χ2n) is 6.06. The first-order valence-electron chi connectivity index (χ1n) is 8.67. The number of hydrogen-bond acceptors (Lipinski definition) is 3. The molecule has 0 N–H and O–H groups in total. The molecule has 0 fully saturated rings. The number of esters is 1. The smallest absolute Gasteiger partial charge is 0.336 e. The summed E-state index contributed by atoms with van der Waals surface area (Å²) in [4.78, 5) is 12.1. The molecule has 0 aromatic heterocycles. The van der Waals surface area contributed by atoms with E-state index in [0.717, 1.165) is 11.1 Å². The van der Waals surface area contributed by atoms with Crippen LogP contribution < -0.4 is 4.74 Å². The van der Waals surface area contributed by atoms with E-state index in [-0.39, 0.29) is 0 Å². The van der Waals surface area contributed by atoms with Crippen molar-refractivity contribution >= 4 is 46.9 Å². The van der Waals surface area contributed by atoms with E-state index in [1.807, 2.05) is 12.1 Å². The summed E-state index contributed by atoms with van der Waals surface area (Å²) < 4.78 is 5.36. The number of nitrogens with zero attached hydrogens (tertiary/aromatic N) is 1. The molecule has 0 spiro atoms. The Labute approximate surface area is 179 Å². The minimum Gasteiger partial charge on any atom is -0.423 e. The number of benzene rings is 3. The van der Waals surface area contributed by atoms with Crippen LogP contribution in [0, 0.1) is 11.3 Å². The van der Waals surface area contributed by atoms with Gasteiger partial charge in [0.1, 0.15) is 5.75 Å². The predicted molar refractivity (Wildman–Crippen MR) is 117 cm³/mol. The van der Waals surface area contributed by atoms with Crippen molar-refractivity contribution in [1.82, 2.24) is 0 Å². The molecule has 5 heteroatoms. The van der Waals surface area contributed by atoms with Crippen LogP contribution in [0.15, 0.2) is 78.9 Å². The van der Waals surface area contributed by atoms with Crippen molar-refractivity contribution in [1.29, 1.82) is 5.26 Å². The van der Waals surface area contributed by atoms with E-state index in [1.54, 1.807) is 72.8 Å². The lowest BCUT2D eigenvalue weighted by molar-refractivity contribution is -0.128. The van der Waals surface area contributed by atoms with Gasteiger partial charge < -0.3 is 4.74 Å². The summed E-state index contributed by atoms with van der Waals surface area (Å²) in [7, 11) is 0. The molecule has 0 atom stereocenters. The van der Waals surface area contributed by atoms with E-state index in [4.69, 9.17) is 27.9 Å². The van der Waals surface area contributed by atoms with Gasteiger partial charge in [-0.3, -0.25) is 0 Å². The summed E-state index contributed by atoms with van der Waals surface area (Å²) in [5.41, 5.74) is 2.74. The summed E-state index contributed by atoms with van der Waals surface area (Å²) in [5.74, 6) is -0.121. The molecule has 3 rings (SSSR count). The molecule has 142 valence electrons. The van der Waals surface area contributed by atoms with Crippen molar-refractivity contribution < 1.29 is 9.53 Å². The van der Waals surface area contributed by atoms with Gasteiger partial charge in [-0.2, -0.15) is 5.26 Å². The molecule has 0 aliphatic carbocycles. The third-order valence-electron chi connectivity index (χ3n) is 3.93. The molecule has 0 aliphatic heterocycles. The molecule has 3 nitrogen and oxygen atoms in total. The molecule has 0 bridgehead atoms. The van der Waals surface area contributed by atoms with Crippen LogP contribution in [-0.4, -0.2) is 5.97 Å². The highest BCUT2D eigenvalue weighted by Crippen LogP contribution is 2.23. The number of allylic oxidation sites excluding steroid dienone is 1. The number of rotatable bonds is 5. The Bertz CT molecular complexity index is 1130. The molecule has 29 heavy (non-hydrogen) atoms. The monoisotopic (exact) mass is 419 g/mol. The van der Waals surface area contributed by atoms with E-state index >= 15 is 0 Å². The zero-order valence-corrected chi connectivity index (χ0v) is 16.7. The number of carbonyl (C=O) groups is 1. The fourth-order valence-electron chi connectivity index (χ4n) is 2.56. The Morgan fingerprint density at radius 3 is 2.38 bits per heavy atom. The van der Waals surface area contributed by atoms with Gasteiger partial charge in [-0.05, 0) is 65.2 Å². The van der Waals surface area contributed by atoms with Crippen molar-refractivity contribution in [3.05, 3.63) is 106 Å². The highest BCUT2D eigenvalue weighted by molar-refractivity contribution is 6.31.